The number of amides is 2. The fraction of sp³-hybridized carbons (Fsp3) is 0.182. The van der Waals surface area contributed by atoms with Crippen LogP contribution in [-0.4, -0.2) is 30.9 Å². The van der Waals surface area contributed by atoms with Gasteiger partial charge in [0, 0.05) is 17.5 Å². The van der Waals surface area contributed by atoms with E-state index >= 15 is 0 Å². The van der Waals surface area contributed by atoms with Crippen LogP contribution in [0.2, 0.25) is 0 Å². The Morgan fingerprint density at radius 1 is 1.07 bits per heavy atom. The normalized spacial score (nSPS) is 18.5. The van der Waals surface area contributed by atoms with E-state index in [2.05, 4.69) is 5.32 Å². The van der Waals surface area contributed by atoms with Gasteiger partial charge in [0.2, 0.25) is 5.91 Å². The first-order chi connectivity index (χ1) is 13.6. The maximum Gasteiger partial charge on any atom is 0.254 e. The number of carbonyl (C=O) groups is 2. The summed E-state index contributed by atoms with van der Waals surface area (Å²) in [5.74, 6) is -0.176. The molecule has 0 saturated carbocycles. The Morgan fingerprint density at radius 2 is 1.82 bits per heavy atom. The molecule has 2 heterocycles. The standard InChI is InChI=1S/C22H20N2O3S/c1-24-20(18-12-7-13-28-18)19(14-8-3-4-9-15(14)22(24)26)21(25)23-16-10-5-6-11-17(16)27-2/h3-13,19-20H,1-2H3,(H,23,25)/t19-,20-/m0/s1. The van der Waals surface area contributed by atoms with Crippen molar-refractivity contribution in [2.45, 2.75) is 12.0 Å². The Bertz CT molecular complexity index is 1020. The molecule has 142 valence electrons. The van der Waals surface area contributed by atoms with Crippen molar-refractivity contribution >= 4 is 28.8 Å². The highest BCUT2D eigenvalue weighted by Gasteiger charge is 2.43. The average Bonchev–Trinajstić information content (AvgIpc) is 3.25. The van der Waals surface area contributed by atoms with Crippen LogP contribution >= 0.6 is 11.3 Å². The molecule has 3 aromatic rings. The highest BCUT2D eigenvalue weighted by Crippen LogP contribution is 2.44. The topological polar surface area (TPSA) is 58.6 Å². The molecule has 0 unspecified atom stereocenters. The number of nitrogens with zero attached hydrogens (tertiary/aromatic N) is 1. The molecule has 0 bridgehead atoms. The van der Waals surface area contributed by atoms with E-state index < -0.39 is 5.92 Å². The average molecular weight is 392 g/mol. The summed E-state index contributed by atoms with van der Waals surface area (Å²) in [5, 5.41) is 4.96. The van der Waals surface area contributed by atoms with Crippen LogP contribution in [0.1, 0.15) is 32.8 Å². The summed E-state index contributed by atoms with van der Waals surface area (Å²) in [4.78, 5) is 29.0. The van der Waals surface area contributed by atoms with Crippen molar-refractivity contribution in [2.24, 2.45) is 0 Å². The lowest BCUT2D eigenvalue weighted by molar-refractivity contribution is -0.119. The van der Waals surface area contributed by atoms with Gasteiger partial charge in [0.05, 0.1) is 24.8 Å². The molecule has 6 heteroatoms. The first-order valence-corrected chi connectivity index (χ1v) is 9.83. The zero-order chi connectivity index (χ0) is 19.7. The van der Waals surface area contributed by atoms with E-state index in [1.54, 1.807) is 48.6 Å². The molecule has 2 amide bonds. The number of hydrogen-bond donors (Lipinski definition) is 1. The molecule has 28 heavy (non-hydrogen) atoms. The molecule has 2 aromatic carbocycles. The van der Waals surface area contributed by atoms with Crippen LogP contribution in [0.25, 0.3) is 0 Å². The highest BCUT2D eigenvalue weighted by atomic mass is 32.1. The van der Waals surface area contributed by atoms with Crippen LogP contribution in [-0.2, 0) is 4.79 Å². The predicted molar refractivity (Wildman–Crippen MR) is 110 cm³/mol. The minimum absolute atomic E-state index is 0.0738. The maximum absolute atomic E-state index is 13.5. The minimum Gasteiger partial charge on any atom is -0.495 e. The molecule has 1 N–H and O–H groups in total. The molecule has 1 aliphatic heterocycles. The third-order valence-electron chi connectivity index (χ3n) is 5.06. The molecular weight excluding hydrogens is 372 g/mol. The molecule has 0 radical (unpaired) electrons. The molecule has 0 saturated heterocycles. The summed E-state index contributed by atoms with van der Waals surface area (Å²) in [6.45, 7) is 0. The third-order valence-corrected chi connectivity index (χ3v) is 6.00. The van der Waals surface area contributed by atoms with Gasteiger partial charge < -0.3 is 15.0 Å². The van der Waals surface area contributed by atoms with Crippen molar-refractivity contribution in [1.82, 2.24) is 4.90 Å². The molecular formula is C22H20N2O3S. The number of rotatable bonds is 4. The maximum atomic E-state index is 13.5. The van der Waals surface area contributed by atoms with Gasteiger partial charge in [-0.1, -0.05) is 36.4 Å². The van der Waals surface area contributed by atoms with E-state index in [1.165, 1.54) is 0 Å². The van der Waals surface area contributed by atoms with E-state index in [0.717, 1.165) is 10.4 Å². The number of para-hydroxylation sites is 2. The SMILES string of the molecule is COc1ccccc1NC(=O)[C@H]1c2ccccc2C(=O)N(C)[C@H]1c1cccs1. The molecule has 5 nitrogen and oxygen atoms in total. The van der Waals surface area contributed by atoms with Gasteiger partial charge in [-0.25, -0.2) is 0 Å². The largest absolute Gasteiger partial charge is 0.495 e. The van der Waals surface area contributed by atoms with Gasteiger partial charge in [0.1, 0.15) is 5.75 Å². The van der Waals surface area contributed by atoms with Crippen molar-refractivity contribution in [2.75, 3.05) is 19.5 Å². The summed E-state index contributed by atoms with van der Waals surface area (Å²) in [6, 6.07) is 18.2. The number of thiophene rings is 1. The Labute approximate surface area is 167 Å². The predicted octanol–water partition coefficient (Wildman–Crippen LogP) is 4.31. The molecule has 4 rings (SSSR count). The minimum atomic E-state index is -0.525. The van der Waals surface area contributed by atoms with Crippen molar-refractivity contribution in [3.8, 4) is 5.75 Å². The molecule has 2 atom stereocenters. The van der Waals surface area contributed by atoms with Gasteiger partial charge in [0.15, 0.2) is 0 Å². The summed E-state index contributed by atoms with van der Waals surface area (Å²) in [7, 11) is 3.33. The Balaban J connectivity index is 1.79. The number of nitrogens with one attached hydrogen (secondary N) is 1. The van der Waals surface area contributed by atoms with Crippen molar-refractivity contribution in [3.63, 3.8) is 0 Å². The molecule has 1 aliphatic rings. The second-order valence-corrected chi connectivity index (χ2v) is 7.61. The second kappa shape index (κ2) is 7.48. The van der Waals surface area contributed by atoms with Crippen LogP contribution in [0.5, 0.6) is 5.75 Å². The summed E-state index contributed by atoms with van der Waals surface area (Å²) >= 11 is 1.55. The number of anilines is 1. The number of carbonyl (C=O) groups excluding carboxylic acids is 2. The first kappa shape index (κ1) is 18.3. The number of methoxy groups -OCH3 is 1. The number of hydrogen-bond acceptors (Lipinski definition) is 4. The van der Waals surface area contributed by atoms with Crippen LogP contribution in [0, 0.1) is 0 Å². The lowest BCUT2D eigenvalue weighted by Gasteiger charge is -2.39. The lowest BCUT2D eigenvalue weighted by Crippen LogP contribution is -2.43. The third kappa shape index (κ3) is 3.05. The zero-order valence-electron chi connectivity index (χ0n) is 15.6. The van der Waals surface area contributed by atoms with Gasteiger partial charge in [-0.3, -0.25) is 9.59 Å². The summed E-state index contributed by atoms with van der Waals surface area (Å²) in [5.41, 5.74) is 1.92. The molecule has 0 spiro atoms. The van der Waals surface area contributed by atoms with Crippen LogP contribution in [0.15, 0.2) is 66.0 Å². The summed E-state index contributed by atoms with van der Waals surface area (Å²) in [6.07, 6.45) is 0. The van der Waals surface area contributed by atoms with E-state index in [-0.39, 0.29) is 17.9 Å². The fourth-order valence-corrected chi connectivity index (χ4v) is 4.64. The van der Waals surface area contributed by atoms with Gasteiger partial charge in [-0.15, -0.1) is 11.3 Å². The van der Waals surface area contributed by atoms with Gasteiger partial charge in [-0.05, 0) is 35.2 Å². The van der Waals surface area contributed by atoms with E-state index in [1.807, 2.05) is 47.8 Å². The highest BCUT2D eigenvalue weighted by molar-refractivity contribution is 7.10. The number of fused-ring (bicyclic) bond motifs is 1. The Morgan fingerprint density at radius 3 is 2.57 bits per heavy atom. The van der Waals surface area contributed by atoms with Crippen LogP contribution in [0.3, 0.4) is 0 Å². The Kier molecular flexibility index (Phi) is 4.88. The monoisotopic (exact) mass is 392 g/mol. The van der Waals surface area contributed by atoms with E-state index in [9.17, 15) is 9.59 Å². The smallest absolute Gasteiger partial charge is 0.254 e. The van der Waals surface area contributed by atoms with Gasteiger partial charge in [-0.2, -0.15) is 0 Å². The zero-order valence-corrected chi connectivity index (χ0v) is 16.4. The fourth-order valence-electron chi connectivity index (χ4n) is 3.73. The second-order valence-electron chi connectivity index (χ2n) is 6.63. The molecule has 0 fully saturated rings. The molecule has 0 aliphatic carbocycles. The van der Waals surface area contributed by atoms with E-state index in [4.69, 9.17) is 4.74 Å². The molecule has 1 aromatic heterocycles. The van der Waals surface area contributed by atoms with Crippen molar-refractivity contribution in [3.05, 3.63) is 82.0 Å². The first-order valence-electron chi connectivity index (χ1n) is 8.95. The Hall–Kier alpha value is -3.12. The lowest BCUT2D eigenvalue weighted by atomic mass is 9.81. The van der Waals surface area contributed by atoms with Crippen LogP contribution < -0.4 is 10.1 Å². The van der Waals surface area contributed by atoms with Crippen molar-refractivity contribution < 1.29 is 14.3 Å². The quantitative estimate of drug-likeness (QED) is 0.720. The summed E-state index contributed by atoms with van der Waals surface area (Å²) < 4.78 is 5.36. The van der Waals surface area contributed by atoms with E-state index in [0.29, 0.717) is 17.0 Å². The number of ether oxygens (including phenoxy) is 1. The van der Waals surface area contributed by atoms with Gasteiger partial charge >= 0.3 is 0 Å². The van der Waals surface area contributed by atoms with Crippen LogP contribution in [0.4, 0.5) is 5.69 Å². The van der Waals surface area contributed by atoms with Crippen molar-refractivity contribution in [1.29, 1.82) is 0 Å². The van der Waals surface area contributed by atoms with Gasteiger partial charge in [0.25, 0.3) is 5.91 Å². The number of benzene rings is 2. The number of likely N-dealkylation sites (N-methyl/N-ethyl adjacent to an activating group) is 1.